The van der Waals surface area contributed by atoms with Gasteiger partial charge in [0, 0.05) is 62.2 Å². The van der Waals surface area contributed by atoms with Crippen LogP contribution in [0.1, 0.15) is 29.6 Å². The third-order valence-corrected chi connectivity index (χ3v) is 13.0. The van der Waals surface area contributed by atoms with Crippen LogP contribution < -0.4 is 40.8 Å². The van der Waals surface area contributed by atoms with Gasteiger partial charge in [-0.2, -0.15) is 0 Å². The molecule has 0 bridgehead atoms. The summed E-state index contributed by atoms with van der Waals surface area (Å²) in [5.74, 6) is -18.2. The molecule has 1 N–H and O–H groups in total. The van der Waals surface area contributed by atoms with Crippen molar-refractivity contribution in [1.29, 1.82) is 0 Å². The molecule has 2 fully saturated rings. The first-order chi connectivity index (χ1) is 29.3. The molecule has 16 nitrogen and oxygen atoms in total. The van der Waals surface area contributed by atoms with Crippen molar-refractivity contribution in [2.45, 2.75) is 47.6 Å². The topological polar surface area (TPSA) is 178 Å². The molecule has 1 aliphatic carbocycles. The molecule has 326 valence electrons. The van der Waals surface area contributed by atoms with Crippen LogP contribution in [-0.4, -0.2) is 78.6 Å². The third-order valence-electron chi connectivity index (χ3n) is 11.6. The Morgan fingerprint density at radius 1 is 0.790 bits per heavy atom. The molecule has 0 spiro atoms. The number of aromatic nitrogens is 5. The van der Waals surface area contributed by atoms with Gasteiger partial charge in [0.15, 0.2) is 44.5 Å². The second-order valence-corrected chi connectivity index (χ2v) is 15.8. The molecule has 5 aromatic rings. The summed E-state index contributed by atoms with van der Waals surface area (Å²) in [7, 11) is 6.63. The number of ether oxygens (including phenoxy) is 4. The van der Waals surface area contributed by atoms with Gasteiger partial charge in [0.2, 0.25) is 5.82 Å². The summed E-state index contributed by atoms with van der Waals surface area (Å²) in [5.41, 5.74) is -3.92. The normalized spacial score (nSPS) is 21.7. The highest BCUT2D eigenvalue weighted by molar-refractivity contribution is 6.58. The highest BCUT2D eigenvalue weighted by atomic mass is 35.5. The van der Waals surface area contributed by atoms with Crippen molar-refractivity contribution < 1.29 is 55.6 Å². The number of methoxy groups -OCH3 is 4. The zero-order valence-electron chi connectivity index (χ0n) is 32.8. The lowest BCUT2D eigenvalue weighted by atomic mass is 9.64. The second-order valence-electron chi connectivity index (χ2n) is 14.5. The van der Waals surface area contributed by atoms with E-state index >= 15 is 8.78 Å². The highest BCUT2D eigenvalue weighted by Crippen LogP contribution is 2.66. The minimum absolute atomic E-state index is 0.00710. The lowest BCUT2D eigenvalue weighted by Gasteiger charge is -2.49. The van der Waals surface area contributed by atoms with Crippen LogP contribution >= 0.6 is 23.2 Å². The van der Waals surface area contributed by atoms with E-state index in [0.29, 0.717) is 22.5 Å². The smallest absolute Gasteiger partial charge is 0.347 e. The molecule has 1 saturated carbocycles. The van der Waals surface area contributed by atoms with Crippen molar-refractivity contribution in [2.24, 2.45) is 7.05 Å². The lowest BCUT2D eigenvalue weighted by Crippen LogP contribution is -2.59. The number of hydrogen-bond donors (Lipinski definition) is 1. The number of halogens is 7. The van der Waals surface area contributed by atoms with Crippen molar-refractivity contribution >= 4 is 51.7 Å². The molecule has 62 heavy (non-hydrogen) atoms. The average molecular weight is 910 g/mol. The zero-order chi connectivity index (χ0) is 45.1. The summed E-state index contributed by atoms with van der Waals surface area (Å²) in [6, 6.07) is 3.74. The number of benzene rings is 3. The minimum Gasteiger partial charge on any atom is -0.508 e. The molecule has 4 heterocycles. The molecule has 0 radical (unpaired) electrons. The Labute approximate surface area is 354 Å². The van der Waals surface area contributed by atoms with Gasteiger partial charge in [0.25, 0.3) is 17.4 Å². The summed E-state index contributed by atoms with van der Waals surface area (Å²) in [4.78, 5) is 69.5. The van der Waals surface area contributed by atoms with Crippen molar-refractivity contribution in [3.8, 4) is 28.7 Å². The van der Waals surface area contributed by atoms with Crippen LogP contribution in [0.15, 0.2) is 50.3 Å². The van der Waals surface area contributed by atoms with E-state index in [0.717, 1.165) is 40.3 Å². The molecular weight excluding hydrogens is 878 g/mol. The van der Waals surface area contributed by atoms with E-state index in [4.69, 9.17) is 42.1 Å². The van der Waals surface area contributed by atoms with Crippen molar-refractivity contribution in [3.63, 3.8) is 0 Å². The van der Waals surface area contributed by atoms with Gasteiger partial charge in [-0.25, -0.2) is 55.4 Å². The SMILES string of the molecule is COc1cc2nc(CCn3c(=O)n4n(c3=O)C3CC5(Cl)C(=O)N(c6c(F)c(F)c(F)c(F)c6F)C(=O)C5(Cl)C(c5c(OC)cc(O)cc5OC)C3=CC4)c(=O)n(C)c2cc1OC. The number of aryl methyl sites for hydroxylation is 2. The highest BCUT2D eigenvalue weighted by Gasteiger charge is 2.77. The number of phenolic OH excluding ortho intramolecular Hbond substituents is 1. The van der Waals surface area contributed by atoms with Gasteiger partial charge >= 0.3 is 11.4 Å². The Kier molecular flexibility index (Phi) is 10.0. The predicted molar refractivity (Wildman–Crippen MR) is 208 cm³/mol. The van der Waals surface area contributed by atoms with Gasteiger partial charge in [0.05, 0.1) is 52.1 Å². The van der Waals surface area contributed by atoms with E-state index in [2.05, 4.69) is 4.98 Å². The number of phenols is 1. The Morgan fingerprint density at radius 3 is 1.94 bits per heavy atom. The fourth-order valence-electron chi connectivity index (χ4n) is 8.68. The number of allylic oxidation sites excluding steroid dienone is 2. The molecule has 8 rings (SSSR count). The average Bonchev–Trinajstić information content (AvgIpc) is 3.59. The van der Waals surface area contributed by atoms with Gasteiger partial charge in [0.1, 0.15) is 28.6 Å². The molecule has 1 saturated heterocycles. The zero-order valence-corrected chi connectivity index (χ0v) is 34.3. The van der Waals surface area contributed by atoms with E-state index in [9.17, 15) is 42.3 Å². The molecule has 2 amide bonds. The number of aromatic hydroxyl groups is 1. The van der Waals surface area contributed by atoms with E-state index < -0.39 is 110 Å². The van der Waals surface area contributed by atoms with Gasteiger partial charge in [-0.1, -0.05) is 6.08 Å². The van der Waals surface area contributed by atoms with Gasteiger partial charge in [-0.05, 0) is 5.57 Å². The minimum atomic E-state index is -2.92. The lowest BCUT2D eigenvalue weighted by molar-refractivity contribution is -0.122. The fraction of sp³-hybridized carbons (Fsp3) is 0.333. The molecule has 2 aromatic heterocycles. The first-order valence-electron chi connectivity index (χ1n) is 18.3. The number of anilines is 1. The fourth-order valence-corrected chi connectivity index (χ4v) is 9.58. The van der Waals surface area contributed by atoms with Crippen LogP contribution in [0.2, 0.25) is 0 Å². The largest absolute Gasteiger partial charge is 0.508 e. The van der Waals surface area contributed by atoms with Gasteiger partial charge < -0.3 is 28.6 Å². The molecular formula is C39H31Cl2F5N6O10. The van der Waals surface area contributed by atoms with Crippen LogP contribution in [0, 0.1) is 29.1 Å². The number of amides is 2. The van der Waals surface area contributed by atoms with Crippen LogP contribution in [0.4, 0.5) is 27.6 Å². The Hall–Kier alpha value is -6.35. The summed E-state index contributed by atoms with van der Waals surface area (Å²) >= 11 is 14.4. The summed E-state index contributed by atoms with van der Waals surface area (Å²) in [6.07, 6.45) is 0.259. The van der Waals surface area contributed by atoms with E-state index in [1.165, 1.54) is 31.9 Å². The van der Waals surface area contributed by atoms with Crippen molar-refractivity contribution in [3.05, 3.63) is 108 Å². The van der Waals surface area contributed by atoms with Crippen molar-refractivity contribution in [1.82, 2.24) is 23.5 Å². The predicted octanol–water partition coefficient (Wildman–Crippen LogP) is 3.93. The Balaban J connectivity index is 1.29. The van der Waals surface area contributed by atoms with E-state index in [-0.39, 0.29) is 39.7 Å². The molecule has 3 aliphatic rings. The molecule has 4 unspecified atom stereocenters. The summed E-state index contributed by atoms with van der Waals surface area (Å²) in [6.45, 7) is -0.802. The molecule has 3 aromatic carbocycles. The first kappa shape index (κ1) is 42.3. The van der Waals surface area contributed by atoms with Gasteiger partial charge in [-0.15, -0.1) is 23.2 Å². The number of carbonyl (C=O) groups is 2. The molecule has 2 aliphatic heterocycles. The number of alkyl halides is 2. The maximum Gasteiger partial charge on any atom is 0.347 e. The number of hydrogen-bond acceptors (Lipinski definition) is 11. The second kappa shape index (κ2) is 14.6. The third kappa shape index (κ3) is 5.55. The van der Waals surface area contributed by atoms with Crippen LogP contribution in [0.3, 0.4) is 0 Å². The van der Waals surface area contributed by atoms with Crippen molar-refractivity contribution in [2.75, 3.05) is 33.3 Å². The summed E-state index contributed by atoms with van der Waals surface area (Å²) in [5, 5.41) is 10.5. The summed E-state index contributed by atoms with van der Waals surface area (Å²) < 4.78 is 100. The standard InChI is InChI=1S/C39H31Cl2F5N6O10/c1-48-19-13-22(60-3)21(59-2)12-18(19)47-17(33(48)54)7-8-49-36(57)50-9-6-16-20(52(50)37(49)58)14-38(40)34(55)51(32-30(45)28(43)27(42)29(44)31(32)46)35(56)39(38,41)26(16)25-23(61-4)10-15(53)11-24(25)62-5/h6,10-13,20,26,53H,7-9,14H2,1-5H3. The maximum absolute atomic E-state index is 15.5. The maximum atomic E-state index is 15.5. The van der Waals surface area contributed by atoms with Crippen LogP contribution in [0.5, 0.6) is 28.7 Å². The number of imide groups is 1. The van der Waals surface area contributed by atoms with E-state index in [1.54, 1.807) is 12.1 Å². The first-order valence-corrected chi connectivity index (χ1v) is 19.0. The quantitative estimate of drug-likeness (QED) is 0.0566. The number of nitrogens with zero attached hydrogens (tertiary/aromatic N) is 6. The Bertz CT molecular complexity index is 2990. The van der Waals surface area contributed by atoms with Gasteiger partial charge in [-0.3, -0.25) is 14.4 Å². The van der Waals surface area contributed by atoms with E-state index in [1.807, 2.05) is 0 Å². The molecule has 23 heteroatoms. The number of carbonyl (C=O) groups excluding carboxylic acids is 2. The molecule has 4 atom stereocenters. The van der Waals surface area contributed by atoms with Crippen LogP contribution in [-0.2, 0) is 36.1 Å². The Morgan fingerprint density at radius 2 is 1.35 bits per heavy atom. The number of rotatable bonds is 9. The monoisotopic (exact) mass is 908 g/mol. The number of fused-ring (bicyclic) bond motifs is 5. The van der Waals surface area contributed by atoms with Crippen LogP contribution in [0.25, 0.3) is 11.0 Å².